The third-order valence-electron chi connectivity index (χ3n) is 3.61. The maximum atomic E-state index is 5.47. The van der Waals surface area contributed by atoms with Crippen LogP contribution in [0.25, 0.3) is 11.6 Å². The molecule has 1 heteroatoms. The van der Waals surface area contributed by atoms with Gasteiger partial charge in [-0.05, 0) is 28.8 Å². The number of hydrogen-bond donors (Lipinski definition) is 0. The summed E-state index contributed by atoms with van der Waals surface area (Å²) < 4.78 is 5.47. The summed E-state index contributed by atoms with van der Waals surface area (Å²) in [6.07, 6.45) is 2.18. The van der Waals surface area contributed by atoms with Crippen LogP contribution in [-0.4, -0.2) is 7.11 Å². The van der Waals surface area contributed by atoms with E-state index in [4.69, 9.17) is 4.74 Å². The normalized spacial score (nSPS) is 10.0. The summed E-state index contributed by atoms with van der Waals surface area (Å²) in [6, 6.07) is 28.9. The minimum absolute atomic E-state index is 0.881. The van der Waals surface area contributed by atoms with Crippen molar-refractivity contribution in [3.63, 3.8) is 0 Å². The Morgan fingerprint density at radius 2 is 1.18 bits per heavy atom. The zero-order valence-electron chi connectivity index (χ0n) is 12.6. The van der Waals surface area contributed by atoms with Crippen LogP contribution in [0.1, 0.15) is 16.7 Å². The quantitative estimate of drug-likeness (QED) is 0.593. The van der Waals surface area contributed by atoms with Crippen molar-refractivity contribution in [3.8, 4) is 5.75 Å². The largest absolute Gasteiger partial charge is 0.496 e. The van der Waals surface area contributed by atoms with Gasteiger partial charge in [0.25, 0.3) is 0 Å². The predicted molar refractivity (Wildman–Crippen MR) is 92.9 cm³/mol. The molecule has 0 saturated carbocycles. The van der Waals surface area contributed by atoms with Gasteiger partial charge < -0.3 is 4.74 Å². The van der Waals surface area contributed by atoms with Gasteiger partial charge in [-0.1, -0.05) is 78.9 Å². The highest BCUT2D eigenvalue weighted by Gasteiger charge is 2.06. The van der Waals surface area contributed by atoms with Crippen molar-refractivity contribution in [1.82, 2.24) is 0 Å². The van der Waals surface area contributed by atoms with E-state index in [0.29, 0.717) is 0 Å². The first-order valence-electron chi connectivity index (χ1n) is 7.34. The molecule has 0 aliphatic heterocycles. The van der Waals surface area contributed by atoms with Crippen LogP contribution < -0.4 is 4.74 Å². The van der Waals surface area contributed by atoms with Crippen LogP contribution >= 0.6 is 0 Å². The second-order valence-corrected chi connectivity index (χ2v) is 5.03. The van der Waals surface area contributed by atoms with Gasteiger partial charge in [0.1, 0.15) is 5.75 Å². The minimum atomic E-state index is 0.881. The summed E-state index contributed by atoms with van der Waals surface area (Å²) in [4.78, 5) is 0. The molecular weight excluding hydrogens is 268 g/mol. The highest BCUT2D eigenvalue weighted by molar-refractivity contribution is 5.92. The fourth-order valence-electron chi connectivity index (χ4n) is 2.51. The smallest absolute Gasteiger partial charge is 0.126 e. The first-order valence-corrected chi connectivity index (χ1v) is 7.34. The van der Waals surface area contributed by atoms with Crippen molar-refractivity contribution >= 4 is 11.6 Å². The first kappa shape index (κ1) is 14.2. The van der Waals surface area contributed by atoms with Gasteiger partial charge in [0, 0.05) is 5.56 Å². The van der Waals surface area contributed by atoms with E-state index in [1.807, 2.05) is 30.3 Å². The van der Waals surface area contributed by atoms with Gasteiger partial charge in [-0.15, -0.1) is 0 Å². The molecule has 0 radical (unpaired) electrons. The molecule has 0 saturated heterocycles. The molecule has 0 amide bonds. The molecule has 3 aromatic rings. The summed E-state index contributed by atoms with van der Waals surface area (Å²) in [5.74, 6) is 0.881. The summed E-state index contributed by atoms with van der Waals surface area (Å²) in [5, 5.41) is 0. The lowest BCUT2D eigenvalue weighted by molar-refractivity contribution is 0.414. The molecule has 0 bridgehead atoms. The summed E-state index contributed by atoms with van der Waals surface area (Å²) in [7, 11) is 1.71. The Labute approximate surface area is 131 Å². The van der Waals surface area contributed by atoms with E-state index in [1.165, 1.54) is 16.7 Å². The van der Waals surface area contributed by atoms with Crippen LogP contribution in [0.5, 0.6) is 5.75 Å². The van der Waals surface area contributed by atoms with Crippen molar-refractivity contribution in [2.45, 2.75) is 0 Å². The van der Waals surface area contributed by atoms with E-state index in [9.17, 15) is 0 Å². The molecule has 0 heterocycles. The van der Waals surface area contributed by atoms with Crippen molar-refractivity contribution in [2.75, 3.05) is 7.11 Å². The molecule has 0 fully saturated rings. The summed E-state index contributed by atoms with van der Waals surface area (Å²) in [6.45, 7) is 0. The Morgan fingerprint density at radius 1 is 0.682 bits per heavy atom. The van der Waals surface area contributed by atoms with Crippen LogP contribution in [0.4, 0.5) is 0 Å². The number of para-hydroxylation sites is 1. The second-order valence-electron chi connectivity index (χ2n) is 5.03. The van der Waals surface area contributed by atoms with Gasteiger partial charge in [-0.25, -0.2) is 0 Å². The van der Waals surface area contributed by atoms with Gasteiger partial charge in [0.15, 0.2) is 0 Å². The second kappa shape index (κ2) is 6.77. The average Bonchev–Trinajstić information content (AvgIpc) is 2.61. The Balaban J connectivity index is 2.16. The molecule has 0 N–H and O–H groups in total. The van der Waals surface area contributed by atoms with Gasteiger partial charge >= 0.3 is 0 Å². The van der Waals surface area contributed by atoms with Crippen molar-refractivity contribution in [3.05, 3.63) is 102 Å². The fraction of sp³-hybridized carbons (Fsp3) is 0.0476. The first-order chi connectivity index (χ1) is 10.9. The van der Waals surface area contributed by atoms with Crippen molar-refractivity contribution < 1.29 is 4.74 Å². The van der Waals surface area contributed by atoms with Crippen LogP contribution in [0, 0.1) is 0 Å². The third kappa shape index (κ3) is 3.09. The van der Waals surface area contributed by atoms with E-state index in [2.05, 4.69) is 60.7 Å². The molecule has 108 valence electrons. The number of rotatable bonds is 4. The topological polar surface area (TPSA) is 9.23 Å². The van der Waals surface area contributed by atoms with Crippen LogP contribution in [0.15, 0.2) is 84.9 Å². The lowest BCUT2D eigenvalue weighted by Crippen LogP contribution is -1.90. The molecule has 1 nitrogen and oxygen atoms in total. The van der Waals surface area contributed by atoms with E-state index in [-0.39, 0.29) is 0 Å². The monoisotopic (exact) mass is 286 g/mol. The van der Waals surface area contributed by atoms with Gasteiger partial charge in [-0.3, -0.25) is 0 Å². The molecule has 0 aliphatic rings. The summed E-state index contributed by atoms with van der Waals surface area (Å²) >= 11 is 0. The predicted octanol–water partition coefficient (Wildman–Crippen LogP) is 5.28. The molecule has 3 aromatic carbocycles. The van der Waals surface area contributed by atoms with Crippen LogP contribution in [0.2, 0.25) is 0 Å². The SMILES string of the molecule is COc1ccccc1C=C(c1ccccc1)c1ccccc1. The van der Waals surface area contributed by atoms with Gasteiger partial charge in [0.2, 0.25) is 0 Å². The standard InChI is InChI=1S/C21H18O/c1-22-21-15-9-8-14-19(21)16-20(17-10-4-2-5-11-17)18-12-6-3-7-13-18/h2-16H,1H3. The van der Waals surface area contributed by atoms with Crippen molar-refractivity contribution in [2.24, 2.45) is 0 Å². The molecule has 22 heavy (non-hydrogen) atoms. The van der Waals surface area contributed by atoms with E-state index in [1.54, 1.807) is 7.11 Å². The Morgan fingerprint density at radius 3 is 1.73 bits per heavy atom. The molecule has 3 rings (SSSR count). The highest BCUT2D eigenvalue weighted by Crippen LogP contribution is 2.29. The molecule has 0 aromatic heterocycles. The zero-order valence-corrected chi connectivity index (χ0v) is 12.6. The maximum absolute atomic E-state index is 5.47. The number of ether oxygens (including phenoxy) is 1. The van der Waals surface area contributed by atoms with Crippen LogP contribution in [-0.2, 0) is 0 Å². The molecule has 0 atom stereocenters. The van der Waals surface area contributed by atoms with Gasteiger partial charge in [-0.2, -0.15) is 0 Å². The lowest BCUT2D eigenvalue weighted by Gasteiger charge is -2.11. The minimum Gasteiger partial charge on any atom is -0.496 e. The molecule has 0 spiro atoms. The van der Waals surface area contributed by atoms with E-state index >= 15 is 0 Å². The van der Waals surface area contributed by atoms with Crippen molar-refractivity contribution in [1.29, 1.82) is 0 Å². The summed E-state index contributed by atoms with van der Waals surface area (Å²) in [5.41, 5.74) is 4.65. The lowest BCUT2D eigenvalue weighted by atomic mass is 9.95. The number of methoxy groups -OCH3 is 1. The number of benzene rings is 3. The average molecular weight is 286 g/mol. The maximum Gasteiger partial charge on any atom is 0.126 e. The Kier molecular flexibility index (Phi) is 4.35. The zero-order chi connectivity index (χ0) is 15.2. The highest BCUT2D eigenvalue weighted by atomic mass is 16.5. The van der Waals surface area contributed by atoms with E-state index < -0.39 is 0 Å². The fourth-order valence-corrected chi connectivity index (χ4v) is 2.51. The Bertz CT molecular complexity index is 717. The van der Waals surface area contributed by atoms with Crippen LogP contribution in [0.3, 0.4) is 0 Å². The number of hydrogen-bond acceptors (Lipinski definition) is 1. The Hall–Kier alpha value is -2.80. The molecule has 0 aliphatic carbocycles. The molecular formula is C21H18O. The third-order valence-corrected chi connectivity index (χ3v) is 3.61. The molecule has 0 unspecified atom stereocenters. The van der Waals surface area contributed by atoms with Gasteiger partial charge in [0.05, 0.1) is 7.11 Å². The van der Waals surface area contributed by atoms with E-state index in [0.717, 1.165) is 11.3 Å².